The van der Waals surface area contributed by atoms with Crippen molar-refractivity contribution in [2.75, 3.05) is 5.32 Å². The van der Waals surface area contributed by atoms with Crippen LogP contribution in [0.15, 0.2) is 64.3 Å². The quantitative estimate of drug-likeness (QED) is 0.700. The highest BCUT2D eigenvalue weighted by atomic mass is 79.9. The molecule has 0 fully saturated rings. The molecule has 1 aliphatic heterocycles. The summed E-state index contributed by atoms with van der Waals surface area (Å²) in [4.78, 5) is 17.1. The lowest BCUT2D eigenvalue weighted by Crippen LogP contribution is -2.26. The molecule has 4 rings (SSSR count). The van der Waals surface area contributed by atoms with E-state index in [9.17, 15) is 4.79 Å². The maximum atomic E-state index is 12.4. The van der Waals surface area contributed by atoms with Crippen molar-refractivity contribution in [3.8, 4) is 0 Å². The summed E-state index contributed by atoms with van der Waals surface area (Å²) in [6, 6.07) is 15.9. The molecule has 2 heterocycles. The van der Waals surface area contributed by atoms with Gasteiger partial charge in [-0.25, -0.2) is 4.98 Å². The van der Waals surface area contributed by atoms with Gasteiger partial charge in [0, 0.05) is 15.7 Å². The van der Waals surface area contributed by atoms with Crippen LogP contribution in [-0.4, -0.2) is 15.3 Å². The first-order chi connectivity index (χ1) is 11.6. The van der Waals surface area contributed by atoms with Crippen molar-refractivity contribution in [3.05, 3.63) is 69.8 Å². The van der Waals surface area contributed by atoms with Crippen LogP contribution in [0, 0.1) is 0 Å². The highest BCUT2D eigenvalue weighted by Gasteiger charge is 2.32. The van der Waals surface area contributed by atoms with Crippen LogP contribution < -0.4 is 5.32 Å². The summed E-state index contributed by atoms with van der Waals surface area (Å²) in [5, 5.41) is 3.29. The molecule has 1 aromatic heterocycles. The zero-order chi connectivity index (χ0) is 16.8. The lowest BCUT2D eigenvalue weighted by molar-refractivity contribution is -0.114. The molecule has 24 heavy (non-hydrogen) atoms. The highest BCUT2D eigenvalue weighted by Crippen LogP contribution is 2.39. The molecule has 0 saturated carbocycles. The van der Waals surface area contributed by atoms with Gasteiger partial charge in [0.15, 0.2) is 5.78 Å². The molecule has 0 amide bonds. The van der Waals surface area contributed by atoms with E-state index in [0.717, 1.165) is 38.3 Å². The van der Waals surface area contributed by atoms with Crippen molar-refractivity contribution in [2.24, 2.45) is 0 Å². The van der Waals surface area contributed by atoms with Crippen LogP contribution >= 0.6 is 15.9 Å². The van der Waals surface area contributed by atoms with Crippen molar-refractivity contribution >= 4 is 38.7 Å². The van der Waals surface area contributed by atoms with Gasteiger partial charge in [-0.2, -0.15) is 0 Å². The van der Waals surface area contributed by atoms with E-state index in [1.54, 1.807) is 6.92 Å². The smallest absolute Gasteiger partial charge is 0.209 e. The van der Waals surface area contributed by atoms with Crippen molar-refractivity contribution in [3.63, 3.8) is 0 Å². The van der Waals surface area contributed by atoms with E-state index in [-0.39, 0.29) is 11.8 Å². The van der Waals surface area contributed by atoms with Crippen LogP contribution in [0.2, 0.25) is 0 Å². The second-order valence-corrected chi connectivity index (χ2v) is 6.89. The summed E-state index contributed by atoms with van der Waals surface area (Å²) in [7, 11) is 0. The number of halogens is 1. The Balaban J connectivity index is 2.05. The Morgan fingerprint density at radius 1 is 1.21 bits per heavy atom. The van der Waals surface area contributed by atoms with Crippen LogP contribution in [0.3, 0.4) is 0 Å². The predicted molar refractivity (Wildman–Crippen MR) is 99.0 cm³/mol. The van der Waals surface area contributed by atoms with Gasteiger partial charge in [-0.3, -0.25) is 9.36 Å². The SMILES string of the molecule is CC(=O)C1=C(C)Nc2nc3ccccc3n2[C@H]1c1cccc(Br)c1. The average molecular weight is 382 g/mol. The summed E-state index contributed by atoms with van der Waals surface area (Å²) >= 11 is 3.54. The number of hydrogen-bond acceptors (Lipinski definition) is 3. The van der Waals surface area contributed by atoms with Crippen LogP contribution in [0.1, 0.15) is 25.5 Å². The molecule has 0 aliphatic carbocycles. The zero-order valence-corrected chi connectivity index (χ0v) is 15.0. The second kappa shape index (κ2) is 5.60. The topological polar surface area (TPSA) is 46.9 Å². The summed E-state index contributed by atoms with van der Waals surface area (Å²) in [5.74, 6) is 0.831. The number of nitrogens with zero attached hydrogens (tertiary/aromatic N) is 2. The number of fused-ring (bicyclic) bond motifs is 3. The number of anilines is 1. The molecule has 5 heteroatoms. The van der Waals surface area contributed by atoms with E-state index in [2.05, 4.69) is 37.9 Å². The van der Waals surface area contributed by atoms with Gasteiger partial charge in [-0.1, -0.05) is 40.2 Å². The third-order valence-corrected chi connectivity index (χ3v) is 4.87. The number of imidazole rings is 1. The number of nitrogens with one attached hydrogen (secondary N) is 1. The molecule has 1 aliphatic rings. The molecule has 0 unspecified atom stereocenters. The molecule has 120 valence electrons. The molecular weight excluding hydrogens is 366 g/mol. The van der Waals surface area contributed by atoms with E-state index in [1.165, 1.54) is 0 Å². The van der Waals surface area contributed by atoms with Gasteiger partial charge in [0.1, 0.15) is 0 Å². The summed E-state index contributed by atoms with van der Waals surface area (Å²) < 4.78 is 3.10. The van der Waals surface area contributed by atoms with E-state index >= 15 is 0 Å². The number of hydrogen-bond donors (Lipinski definition) is 1. The normalized spacial score (nSPS) is 16.9. The summed E-state index contributed by atoms with van der Waals surface area (Å²) in [5.41, 5.74) is 4.60. The van der Waals surface area contributed by atoms with Gasteiger partial charge in [0.25, 0.3) is 0 Å². The molecule has 0 saturated heterocycles. The van der Waals surface area contributed by atoms with Gasteiger partial charge in [-0.15, -0.1) is 0 Å². The fourth-order valence-corrected chi connectivity index (χ4v) is 3.83. The number of allylic oxidation sites excluding steroid dienone is 2. The van der Waals surface area contributed by atoms with Crippen LogP contribution in [0.4, 0.5) is 5.95 Å². The van der Waals surface area contributed by atoms with Gasteiger partial charge < -0.3 is 5.32 Å². The first kappa shape index (κ1) is 15.1. The number of Topliss-reactive ketones (excluding diaryl/α,β-unsaturated/α-hetero) is 1. The van der Waals surface area contributed by atoms with E-state index in [0.29, 0.717) is 0 Å². The van der Waals surface area contributed by atoms with Gasteiger partial charge in [0.2, 0.25) is 5.95 Å². The van der Waals surface area contributed by atoms with Crippen LogP contribution in [-0.2, 0) is 4.79 Å². The Labute approximate surface area is 148 Å². The van der Waals surface area contributed by atoms with Gasteiger partial charge in [-0.05, 0) is 43.7 Å². The molecule has 1 atom stereocenters. The minimum atomic E-state index is -0.191. The number of carbonyl (C=O) groups excluding carboxylic acids is 1. The number of benzene rings is 2. The zero-order valence-electron chi connectivity index (χ0n) is 13.4. The molecule has 0 radical (unpaired) electrons. The Morgan fingerprint density at radius 2 is 2.00 bits per heavy atom. The minimum Gasteiger partial charge on any atom is -0.329 e. The highest BCUT2D eigenvalue weighted by molar-refractivity contribution is 9.10. The molecule has 3 aromatic rings. The maximum absolute atomic E-state index is 12.4. The van der Waals surface area contributed by atoms with E-state index < -0.39 is 0 Å². The average Bonchev–Trinajstić information content (AvgIpc) is 2.91. The number of aromatic nitrogens is 2. The fraction of sp³-hybridized carbons (Fsp3) is 0.158. The Morgan fingerprint density at radius 3 is 2.75 bits per heavy atom. The predicted octanol–water partition coefficient (Wildman–Crippen LogP) is 4.68. The van der Waals surface area contributed by atoms with E-state index in [4.69, 9.17) is 4.98 Å². The largest absolute Gasteiger partial charge is 0.329 e. The first-order valence-electron chi connectivity index (χ1n) is 7.77. The summed E-state index contributed by atoms with van der Waals surface area (Å²) in [6.07, 6.45) is 0. The number of para-hydroxylation sites is 2. The molecular formula is C19H16BrN3O. The molecule has 0 bridgehead atoms. The minimum absolute atomic E-state index is 0.0633. The van der Waals surface area contributed by atoms with Crippen LogP contribution in [0.25, 0.3) is 11.0 Å². The van der Waals surface area contributed by atoms with E-state index in [1.807, 2.05) is 43.3 Å². The summed E-state index contributed by atoms with van der Waals surface area (Å²) in [6.45, 7) is 3.56. The second-order valence-electron chi connectivity index (χ2n) is 5.97. The van der Waals surface area contributed by atoms with Gasteiger partial charge >= 0.3 is 0 Å². The maximum Gasteiger partial charge on any atom is 0.209 e. The standard InChI is InChI=1S/C19H16BrN3O/c1-11-17(12(2)24)18(13-6-5-7-14(20)10-13)23-16-9-4-3-8-15(16)22-19(23)21-11/h3-10,18H,1-2H3,(H,21,22)/t18-/m0/s1. The first-order valence-corrected chi connectivity index (χ1v) is 8.56. The number of ketones is 1. The number of carbonyl (C=O) groups is 1. The Bertz CT molecular complexity index is 1000. The fourth-order valence-electron chi connectivity index (χ4n) is 3.41. The van der Waals surface area contributed by atoms with Crippen molar-refractivity contribution in [1.29, 1.82) is 0 Å². The number of rotatable bonds is 2. The lowest BCUT2D eigenvalue weighted by atomic mass is 9.92. The molecule has 4 nitrogen and oxygen atoms in total. The van der Waals surface area contributed by atoms with Gasteiger partial charge in [0.05, 0.1) is 17.1 Å². The Kier molecular flexibility index (Phi) is 3.53. The molecule has 1 N–H and O–H groups in total. The lowest BCUT2D eigenvalue weighted by Gasteiger charge is -2.30. The van der Waals surface area contributed by atoms with Crippen LogP contribution in [0.5, 0.6) is 0 Å². The van der Waals surface area contributed by atoms with Crippen molar-refractivity contribution in [1.82, 2.24) is 9.55 Å². The monoisotopic (exact) mass is 381 g/mol. The molecule has 0 spiro atoms. The Hall–Kier alpha value is -2.40. The van der Waals surface area contributed by atoms with Crippen molar-refractivity contribution < 1.29 is 4.79 Å². The third kappa shape index (κ3) is 2.27. The van der Waals surface area contributed by atoms with Crippen molar-refractivity contribution in [2.45, 2.75) is 19.9 Å². The third-order valence-electron chi connectivity index (χ3n) is 4.37. The molecule has 2 aromatic carbocycles.